The minimum Gasteiger partial charge on any atom is -0.497 e. The standard InChI is InChI=1S/C24H25N5O4/c1-15(18-6-5-7-20(12-18)33-4)25-23(30)14-28-24(31)29-16(2)26-21(13-22(29)27-28)17-8-10-19(32-3)11-9-17/h5-13,15H,14H2,1-4H3,(H,25,30)/t15-/m1/s1. The third-order valence-corrected chi connectivity index (χ3v) is 5.39. The van der Waals surface area contributed by atoms with Crippen molar-refractivity contribution < 1.29 is 14.3 Å². The molecule has 0 unspecified atom stereocenters. The van der Waals surface area contributed by atoms with Crippen LogP contribution in [0.25, 0.3) is 16.9 Å². The molecule has 0 radical (unpaired) electrons. The van der Waals surface area contributed by atoms with Crippen molar-refractivity contribution in [2.75, 3.05) is 14.2 Å². The number of hydrogen-bond acceptors (Lipinski definition) is 6. The Balaban J connectivity index is 1.56. The van der Waals surface area contributed by atoms with Gasteiger partial charge in [0.15, 0.2) is 5.65 Å². The molecule has 0 bridgehead atoms. The van der Waals surface area contributed by atoms with Gasteiger partial charge in [0.25, 0.3) is 0 Å². The zero-order chi connectivity index (χ0) is 23.5. The van der Waals surface area contributed by atoms with Crippen molar-refractivity contribution in [2.24, 2.45) is 0 Å². The second-order valence-electron chi connectivity index (χ2n) is 7.62. The molecule has 2 aromatic carbocycles. The van der Waals surface area contributed by atoms with Gasteiger partial charge >= 0.3 is 5.69 Å². The Hall–Kier alpha value is -4.14. The Morgan fingerprint density at radius 3 is 2.48 bits per heavy atom. The first-order chi connectivity index (χ1) is 15.9. The van der Waals surface area contributed by atoms with Crippen molar-refractivity contribution in [3.8, 4) is 22.8 Å². The van der Waals surface area contributed by atoms with Crippen LogP contribution in [0.5, 0.6) is 11.5 Å². The maximum Gasteiger partial charge on any atom is 0.352 e. The van der Waals surface area contributed by atoms with Crippen LogP contribution in [0.2, 0.25) is 0 Å². The summed E-state index contributed by atoms with van der Waals surface area (Å²) in [6.45, 7) is 3.40. The van der Waals surface area contributed by atoms with Gasteiger partial charge in [0, 0.05) is 11.6 Å². The van der Waals surface area contributed by atoms with Gasteiger partial charge in [-0.1, -0.05) is 12.1 Å². The van der Waals surface area contributed by atoms with E-state index in [0.29, 0.717) is 22.9 Å². The van der Waals surface area contributed by atoms with Gasteiger partial charge < -0.3 is 14.8 Å². The highest BCUT2D eigenvalue weighted by Gasteiger charge is 2.16. The molecule has 170 valence electrons. The molecule has 4 rings (SSSR count). The monoisotopic (exact) mass is 447 g/mol. The molecule has 0 saturated carbocycles. The molecule has 1 N–H and O–H groups in total. The molecule has 2 heterocycles. The average molecular weight is 447 g/mol. The molecular weight excluding hydrogens is 422 g/mol. The van der Waals surface area contributed by atoms with Gasteiger partial charge in [-0.25, -0.2) is 18.9 Å². The number of aromatic nitrogens is 4. The van der Waals surface area contributed by atoms with Crippen molar-refractivity contribution in [1.29, 1.82) is 0 Å². The quantitative estimate of drug-likeness (QED) is 0.468. The number of ether oxygens (including phenoxy) is 2. The van der Waals surface area contributed by atoms with Crippen LogP contribution in [-0.4, -0.2) is 39.3 Å². The molecule has 9 heteroatoms. The van der Waals surface area contributed by atoms with Gasteiger partial charge in [-0.15, -0.1) is 5.10 Å². The fourth-order valence-corrected chi connectivity index (χ4v) is 3.63. The first-order valence-electron chi connectivity index (χ1n) is 10.4. The predicted molar refractivity (Wildman–Crippen MR) is 124 cm³/mol. The number of nitrogens with one attached hydrogen (secondary N) is 1. The molecule has 0 fully saturated rings. The number of methoxy groups -OCH3 is 2. The zero-order valence-corrected chi connectivity index (χ0v) is 18.9. The molecule has 0 aliphatic rings. The highest BCUT2D eigenvalue weighted by atomic mass is 16.5. The number of nitrogens with zero attached hydrogens (tertiary/aromatic N) is 4. The first-order valence-corrected chi connectivity index (χ1v) is 10.4. The topological polar surface area (TPSA) is 99.8 Å². The van der Waals surface area contributed by atoms with Gasteiger partial charge in [0.05, 0.1) is 26.0 Å². The molecule has 0 aliphatic heterocycles. The van der Waals surface area contributed by atoms with Crippen molar-refractivity contribution >= 4 is 11.6 Å². The van der Waals surface area contributed by atoms with E-state index in [0.717, 1.165) is 21.6 Å². The van der Waals surface area contributed by atoms with Gasteiger partial charge in [-0.3, -0.25) is 4.79 Å². The van der Waals surface area contributed by atoms with Crippen molar-refractivity contribution in [1.82, 2.24) is 24.5 Å². The smallest absolute Gasteiger partial charge is 0.352 e. The number of amides is 1. The minimum atomic E-state index is -0.416. The van der Waals surface area contributed by atoms with E-state index in [9.17, 15) is 9.59 Å². The molecule has 0 aliphatic carbocycles. The predicted octanol–water partition coefficient (Wildman–Crippen LogP) is 2.76. The molecule has 2 aromatic heterocycles. The molecule has 33 heavy (non-hydrogen) atoms. The lowest BCUT2D eigenvalue weighted by Gasteiger charge is -2.15. The molecular formula is C24H25N5O4. The van der Waals surface area contributed by atoms with Crippen molar-refractivity contribution in [3.05, 3.63) is 76.5 Å². The normalized spacial score (nSPS) is 11.9. The van der Waals surface area contributed by atoms with Gasteiger partial charge in [-0.2, -0.15) is 0 Å². The van der Waals surface area contributed by atoms with Gasteiger partial charge in [0.1, 0.15) is 23.9 Å². The number of benzene rings is 2. The number of hydrogen-bond donors (Lipinski definition) is 1. The van der Waals surface area contributed by atoms with Crippen LogP contribution in [-0.2, 0) is 11.3 Å². The Morgan fingerprint density at radius 1 is 1.06 bits per heavy atom. The Kier molecular flexibility index (Phi) is 6.12. The van der Waals surface area contributed by atoms with E-state index in [4.69, 9.17) is 9.47 Å². The summed E-state index contributed by atoms with van der Waals surface area (Å²) in [6, 6.07) is 16.4. The average Bonchev–Trinajstić information content (AvgIpc) is 3.14. The van der Waals surface area contributed by atoms with E-state index in [1.165, 1.54) is 4.40 Å². The molecule has 0 spiro atoms. The SMILES string of the molecule is COc1ccc(-c2cc3nn(CC(=O)N[C@H](C)c4cccc(OC)c4)c(=O)n3c(C)n2)cc1. The summed E-state index contributed by atoms with van der Waals surface area (Å²) in [5.41, 5.74) is 2.45. The number of rotatable bonds is 7. The summed E-state index contributed by atoms with van der Waals surface area (Å²) < 4.78 is 13.0. The number of fused-ring (bicyclic) bond motifs is 1. The first kappa shape index (κ1) is 22.1. The summed E-state index contributed by atoms with van der Waals surface area (Å²) >= 11 is 0. The van der Waals surface area contributed by atoms with Crippen molar-refractivity contribution in [3.63, 3.8) is 0 Å². The van der Waals surface area contributed by atoms with Crippen LogP contribution in [0.15, 0.2) is 59.4 Å². The van der Waals surface area contributed by atoms with E-state index in [1.54, 1.807) is 27.2 Å². The van der Waals surface area contributed by atoms with E-state index >= 15 is 0 Å². The highest BCUT2D eigenvalue weighted by Crippen LogP contribution is 2.22. The van der Waals surface area contributed by atoms with Gasteiger partial charge in [-0.05, 0) is 55.8 Å². The Morgan fingerprint density at radius 2 is 1.79 bits per heavy atom. The summed E-state index contributed by atoms with van der Waals surface area (Å²) in [5, 5.41) is 7.26. The molecule has 4 aromatic rings. The second kappa shape index (κ2) is 9.15. The minimum absolute atomic E-state index is 0.202. The number of carbonyl (C=O) groups is 1. The summed E-state index contributed by atoms with van der Waals surface area (Å²) in [5.74, 6) is 1.61. The Bertz CT molecular complexity index is 1360. The van der Waals surface area contributed by atoms with Crippen LogP contribution in [0.4, 0.5) is 0 Å². The van der Waals surface area contributed by atoms with E-state index in [1.807, 2.05) is 55.5 Å². The third-order valence-electron chi connectivity index (χ3n) is 5.39. The number of carbonyl (C=O) groups excluding carboxylic acids is 1. The van der Waals surface area contributed by atoms with Crippen LogP contribution in [0.1, 0.15) is 24.4 Å². The van der Waals surface area contributed by atoms with Crippen LogP contribution >= 0.6 is 0 Å². The fourth-order valence-electron chi connectivity index (χ4n) is 3.63. The second-order valence-corrected chi connectivity index (χ2v) is 7.62. The molecule has 0 saturated heterocycles. The van der Waals surface area contributed by atoms with Crippen LogP contribution in [0.3, 0.4) is 0 Å². The summed E-state index contributed by atoms with van der Waals surface area (Å²) in [7, 11) is 3.20. The zero-order valence-electron chi connectivity index (χ0n) is 18.9. The maximum absolute atomic E-state index is 12.9. The lowest BCUT2D eigenvalue weighted by Crippen LogP contribution is -2.34. The summed E-state index contributed by atoms with van der Waals surface area (Å²) in [4.78, 5) is 30.0. The summed E-state index contributed by atoms with van der Waals surface area (Å²) in [6.07, 6.45) is 0. The molecule has 9 nitrogen and oxygen atoms in total. The number of aryl methyl sites for hydroxylation is 1. The third kappa shape index (κ3) is 4.57. The van der Waals surface area contributed by atoms with Crippen molar-refractivity contribution in [2.45, 2.75) is 26.4 Å². The maximum atomic E-state index is 12.9. The van der Waals surface area contributed by atoms with E-state index in [-0.39, 0.29) is 18.5 Å². The van der Waals surface area contributed by atoms with Crippen LogP contribution in [0, 0.1) is 6.92 Å². The molecule has 1 amide bonds. The molecule has 1 atom stereocenters. The highest BCUT2D eigenvalue weighted by molar-refractivity contribution is 5.76. The fraction of sp³-hybridized carbons (Fsp3) is 0.250. The largest absolute Gasteiger partial charge is 0.497 e. The van der Waals surface area contributed by atoms with Crippen LogP contribution < -0.4 is 20.5 Å². The Labute approximate surface area is 190 Å². The lowest BCUT2D eigenvalue weighted by atomic mass is 10.1. The van der Waals surface area contributed by atoms with Gasteiger partial charge in [0.2, 0.25) is 5.91 Å². The van der Waals surface area contributed by atoms with E-state index in [2.05, 4.69) is 15.4 Å². The van der Waals surface area contributed by atoms with E-state index < -0.39 is 5.69 Å². The lowest BCUT2D eigenvalue weighted by molar-refractivity contribution is -0.122.